The number of esters is 2. The van der Waals surface area contributed by atoms with E-state index in [4.69, 9.17) is 85.3 Å². The zero-order valence-corrected chi connectivity index (χ0v) is 55.5. The first-order chi connectivity index (χ1) is 44.8. The second-order valence-electron chi connectivity index (χ2n) is 20.5. The van der Waals surface area contributed by atoms with Gasteiger partial charge in [0.25, 0.3) is 0 Å². The van der Waals surface area contributed by atoms with E-state index in [0.29, 0.717) is 225 Å². The molecule has 0 aliphatic heterocycles. The Bertz CT molecular complexity index is 1710. The fourth-order valence-electron chi connectivity index (χ4n) is 6.60. The summed E-state index contributed by atoms with van der Waals surface area (Å²) in [5.74, 6) is -39.5. The van der Waals surface area contributed by atoms with E-state index in [0.717, 1.165) is 51.4 Å². The molecule has 0 rings (SSSR count). The zero-order chi connectivity index (χ0) is 70.6. The van der Waals surface area contributed by atoms with Gasteiger partial charge in [-0.3, -0.25) is 9.59 Å². The molecule has 94 heavy (non-hydrogen) atoms. The van der Waals surface area contributed by atoms with E-state index >= 15 is 0 Å². The fourth-order valence-corrected chi connectivity index (χ4v) is 6.60. The maximum Gasteiger partial charge on any atom is 0.460 e. The highest BCUT2D eigenvalue weighted by atomic mass is 19.4. The van der Waals surface area contributed by atoms with Gasteiger partial charge in [0.15, 0.2) is 0 Å². The fraction of sp³-hybridized carbons (Fsp3) is 0.967. The maximum absolute atomic E-state index is 13.4. The van der Waals surface area contributed by atoms with Crippen LogP contribution >= 0.6 is 0 Å². The Morgan fingerprint density at radius 3 is 0.681 bits per heavy atom. The smallest absolute Gasteiger partial charge is 0.460 e. The van der Waals surface area contributed by atoms with E-state index in [9.17, 15) is 66.7 Å². The molecular formula is C60H107F13O21. The first-order valence-corrected chi connectivity index (χ1v) is 31.9. The summed E-state index contributed by atoms with van der Waals surface area (Å²) in [6.45, 7) is 24.4. The van der Waals surface area contributed by atoms with Crippen LogP contribution in [0.5, 0.6) is 0 Å². The normalized spacial score (nSPS) is 13.3. The largest absolute Gasteiger partial charge is 0.465 e. The first kappa shape index (κ1) is 93.4. The Morgan fingerprint density at radius 1 is 0.266 bits per heavy atom. The molecule has 0 aromatic carbocycles. The van der Waals surface area contributed by atoms with Gasteiger partial charge in [0, 0.05) is 99.4 Å². The zero-order valence-electron chi connectivity index (χ0n) is 55.5. The van der Waals surface area contributed by atoms with Crippen molar-refractivity contribution >= 4 is 11.9 Å². The molecule has 0 aliphatic carbocycles. The van der Waals surface area contributed by atoms with Gasteiger partial charge < -0.3 is 90.0 Å². The number of carbonyl (C=O) groups excluding carboxylic acids is 2. The van der Waals surface area contributed by atoms with Crippen LogP contribution in [0.15, 0.2) is 0 Å². The lowest BCUT2D eigenvalue weighted by Gasteiger charge is -2.39. The highest BCUT2D eigenvalue weighted by Gasteiger charge is 2.90. The van der Waals surface area contributed by atoms with Crippen molar-refractivity contribution in [2.75, 3.05) is 238 Å². The Kier molecular flexibility index (Phi) is 59.9. The number of halogens is 13. The molecule has 0 saturated heterocycles. The van der Waals surface area contributed by atoms with Crippen molar-refractivity contribution in [3.63, 3.8) is 0 Å². The Labute approximate surface area is 545 Å². The molecule has 0 N–H and O–H groups in total. The van der Waals surface area contributed by atoms with Crippen LogP contribution in [-0.2, 0) is 99.6 Å². The van der Waals surface area contributed by atoms with Crippen LogP contribution in [-0.4, -0.2) is 286 Å². The number of alkyl halides is 13. The van der Waals surface area contributed by atoms with E-state index < -0.39 is 60.7 Å². The SMILES string of the molecule is CCC(C)C(=O)OCCC(F)(F)C(F)(F)C(F)(F)C(F)(F)C(F)(F)C(F)(F)F.CCC(C)C(=O)OCCCOCCCOCCCOCCCOCCCOCCCOCCCOCCOCCOCCOCCOCCOCCOCCOCCOCCOCCOC. The van der Waals surface area contributed by atoms with E-state index in [1.54, 1.807) is 7.11 Å². The molecule has 2 atom stereocenters. The van der Waals surface area contributed by atoms with E-state index in [1.807, 2.05) is 13.8 Å². The van der Waals surface area contributed by atoms with Gasteiger partial charge in [-0.1, -0.05) is 27.7 Å². The molecule has 0 spiro atoms. The second kappa shape index (κ2) is 60.3. The van der Waals surface area contributed by atoms with Crippen molar-refractivity contribution in [1.29, 1.82) is 0 Å². The van der Waals surface area contributed by atoms with E-state index in [2.05, 4.69) is 4.74 Å². The monoisotopic (exact) mass is 1410 g/mol. The van der Waals surface area contributed by atoms with Crippen LogP contribution < -0.4 is 0 Å². The number of hydrogen-bond donors (Lipinski definition) is 0. The van der Waals surface area contributed by atoms with E-state index in [1.165, 1.54) is 13.8 Å². The van der Waals surface area contributed by atoms with Gasteiger partial charge in [0.05, 0.1) is 164 Å². The number of ether oxygens (including phenoxy) is 19. The quantitative estimate of drug-likeness (QED) is 0.0315. The maximum atomic E-state index is 13.4. The molecule has 34 heteroatoms. The summed E-state index contributed by atoms with van der Waals surface area (Å²) in [6.07, 6.45) is -3.22. The molecule has 0 saturated carbocycles. The summed E-state index contributed by atoms with van der Waals surface area (Å²) in [5, 5.41) is 0. The summed E-state index contributed by atoms with van der Waals surface area (Å²) < 4.78 is 269. The Hall–Kier alpha value is -2.65. The molecule has 21 nitrogen and oxygen atoms in total. The predicted molar refractivity (Wildman–Crippen MR) is 314 cm³/mol. The standard InChI is InChI=1S/C47H94O19.C13H13F13O2/c1-4-46(2)47(48)66-25-11-24-55-21-9-20-53-17-7-16-51-13-5-12-50-14-6-15-52-18-8-19-54-22-10-23-56-28-29-58-32-33-60-36-37-62-40-41-64-44-45-65-43-42-63-39-38-61-35-34-59-31-30-57-27-26-49-3;1-3-6(2)7(27)28-5-4-8(14,15)9(16,17)10(18,19)11(20,21)12(22,23)13(24,25)26/h46H,4-45H2,1-3H3;6H,3-5H2,1-2H3. The lowest BCUT2D eigenvalue weighted by molar-refractivity contribution is -0.440. The topological polar surface area (TPSA) is 210 Å². The number of hydrogen-bond acceptors (Lipinski definition) is 21. The lowest BCUT2D eigenvalue weighted by atomic mass is 9.93. The molecule has 564 valence electrons. The van der Waals surface area contributed by atoms with Crippen molar-refractivity contribution in [2.24, 2.45) is 11.8 Å². The van der Waals surface area contributed by atoms with Gasteiger partial charge >= 0.3 is 47.7 Å². The third-order valence-electron chi connectivity index (χ3n) is 12.6. The van der Waals surface area contributed by atoms with Gasteiger partial charge in [-0.25, -0.2) is 0 Å². The van der Waals surface area contributed by atoms with Gasteiger partial charge in [-0.05, 0) is 51.4 Å². The summed E-state index contributed by atoms with van der Waals surface area (Å²) in [5.41, 5.74) is 0. The van der Waals surface area contributed by atoms with Crippen molar-refractivity contribution < 1.29 is 157 Å². The summed E-state index contributed by atoms with van der Waals surface area (Å²) in [4.78, 5) is 22.8. The van der Waals surface area contributed by atoms with Gasteiger partial charge in [-0.2, -0.15) is 57.1 Å². The summed E-state index contributed by atoms with van der Waals surface area (Å²) in [7, 11) is 1.65. The van der Waals surface area contributed by atoms with Gasteiger partial charge in [0.2, 0.25) is 0 Å². The predicted octanol–water partition coefficient (Wildman–Crippen LogP) is 9.92. The third-order valence-corrected chi connectivity index (χ3v) is 12.6. The van der Waals surface area contributed by atoms with Gasteiger partial charge in [0.1, 0.15) is 0 Å². The number of carbonyl (C=O) groups is 2. The van der Waals surface area contributed by atoms with Crippen molar-refractivity contribution in [3.8, 4) is 0 Å². The average Bonchev–Trinajstić information content (AvgIpc) is 0.715. The minimum atomic E-state index is -7.93. The molecule has 0 amide bonds. The van der Waals surface area contributed by atoms with Crippen molar-refractivity contribution in [3.05, 3.63) is 0 Å². The minimum Gasteiger partial charge on any atom is -0.465 e. The molecule has 0 radical (unpaired) electrons. The van der Waals surface area contributed by atoms with Crippen LogP contribution in [0.1, 0.15) is 91.9 Å². The Balaban J connectivity index is 0. The van der Waals surface area contributed by atoms with Crippen molar-refractivity contribution in [2.45, 2.75) is 128 Å². The highest BCUT2D eigenvalue weighted by Crippen LogP contribution is 2.60. The molecular weight excluding hydrogens is 1300 g/mol. The second-order valence-corrected chi connectivity index (χ2v) is 20.5. The van der Waals surface area contributed by atoms with Crippen LogP contribution in [0.25, 0.3) is 0 Å². The van der Waals surface area contributed by atoms with Gasteiger partial charge in [-0.15, -0.1) is 0 Å². The number of rotatable bonds is 69. The van der Waals surface area contributed by atoms with Crippen LogP contribution in [0.2, 0.25) is 0 Å². The van der Waals surface area contributed by atoms with Crippen LogP contribution in [0.3, 0.4) is 0 Å². The lowest BCUT2D eigenvalue weighted by Crippen LogP contribution is -2.70. The average molecular weight is 1410 g/mol. The molecule has 0 heterocycles. The molecule has 0 aromatic rings. The third kappa shape index (κ3) is 47.4. The van der Waals surface area contributed by atoms with E-state index in [-0.39, 0.29) is 18.3 Å². The summed E-state index contributed by atoms with van der Waals surface area (Å²) in [6, 6.07) is 0. The summed E-state index contributed by atoms with van der Waals surface area (Å²) >= 11 is 0. The molecule has 2 unspecified atom stereocenters. The molecule has 0 fully saturated rings. The Morgan fingerprint density at radius 2 is 0.457 bits per heavy atom. The number of methoxy groups -OCH3 is 1. The van der Waals surface area contributed by atoms with Crippen LogP contribution in [0.4, 0.5) is 57.1 Å². The van der Waals surface area contributed by atoms with Crippen molar-refractivity contribution in [1.82, 2.24) is 0 Å². The molecule has 0 aliphatic rings. The minimum absolute atomic E-state index is 0.0378. The van der Waals surface area contributed by atoms with Crippen LogP contribution in [0, 0.1) is 11.8 Å². The first-order valence-electron chi connectivity index (χ1n) is 31.9. The molecule has 0 aromatic heterocycles. The molecule has 0 bridgehead atoms. The highest BCUT2D eigenvalue weighted by molar-refractivity contribution is 5.72.